The second-order valence-electron chi connectivity index (χ2n) is 14.1. The van der Waals surface area contributed by atoms with Gasteiger partial charge in [0.1, 0.15) is 11.2 Å². The van der Waals surface area contributed by atoms with Crippen molar-refractivity contribution in [1.29, 1.82) is 0 Å². The van der Waals surface area contributed by atoms with E-state index in [9.17, 15) is 0 Å². The van der Waals surface area contributed by atoms with Gasteiger partial charge in [-0.15, -0.1) is 0 Å². The number of hydrogen-bond acceptors (Lipinski definition) is 3. The minimum atomic E-state index is -0.178. The SMILES string of the molecule is CC1(C)c2ccccc2-c2c1cc(-c1ccc(-c3ccc4ccc5cccnc5c4n3)c3c1ccc1ccccc13)c1c2oc2ccccc21. The Hall–Kier alpha value is -6.32. The van der Waals surface area contributed by atoms with Gasteiger partial charge in [0.2, 0.25) is 0 Å². The topological polar surface area (TPSA) is 38.9 Å². The Kier molecular flexibility index (Phi) is 5.45. The number of para-hydroxylation sites is 1. The maximum Gasteiger partial charge on any atom is 0.144 e. The summed E-state index contributed by atoms with van der Waals surface area (Å²) >= 11 is 0. The molecule has 10 aromatic rings. The Morgan fingerprint density at radius 2 is 1.22 bits per heavy atom. The van der Waals surface area contributed by atoms with Crippen molar-refractivity contribution >= 4 is 65.3 Å². The van der Waals surface area contributed by atoms with Crippen LogP contribution in [-0.2, 0) is 5.41 Å². The molecule has 234 valence electrons. The zero-order chi connectivity index (χ0) is 33.1. The number of furan rings is 1. The lowest BCUT2D eigenvalue weighted by Gasteiger charge is -2.23. The summed E-state index contributed by atoms with van der Waals surface area (Å²) in [6, 6.07) is 50.3. The van der Waals surface area contributed by atoms with Crippen molar-refractivity contribution in [3.8, 4) is 33.5 Å². The first kappa shape index (κ1) is 27.6. The van der Waals surface area contributed by atoms with E-state index in [4.69, 9.17) is 14.4 Å². The number of fused-ring (bicyclic) bond motifs is 13. The van der Waals surface area contributed by atoms with Crippen molar-refractivity contribution in [3.05, 3.63) is 157 Å². The highest BCUT2D eigenvalue weighted by molar-refractivity contribution is 6.23. The van der Waals surface area contributed by atoms with Crippen LogP contribution in [0.25, 0.3) is 98.8 Å². The average Bonchev–Trinajstić information content (AvgIpc) is 3.66. The van der Waals surface area contributed by atoms with Gasteiger partial charge in [-0.2, -0.15) is 0 Å². The summed E-state index contributed by atoms with van der Waals surface area (Å²) < 4.78 is 6.84. The van der Waals surface area contributed by atoms with Gasteiger partial charge in [0.15, 0.2) is 0 Å². The molecule has 7 aromatic carbocycles. The molecule has 11 rings (SSSR count). The first-order chi connectivity index (χ1) is 24.6. The summed E-state index contributed by atoms with van der Waals surface area (Å²) in [5.41, 5.74) is 13.1. The number of pyridine rings is 2. The van der Waals surface area contributed by atoms with E-state index < -0.39 is 0 Å². The molecule has 0 spiro atoms. The molecule has 3 nitrogen and oxygen atoms in total. The second-order valence-corrected chi connectivity index (χ2v) is 14.1. The van der Waals surface area contributed by atoms with Crippen LogP contribution in [0.4, 0.5) is 0 Å². The highest BCUT2D eigenvalue weighted by atomic mass is 16.3. The third-order valence-corrected chi connectivity index (χ3v) is 11.1. The van der Waals surface area contributed by atoms with Crippen LogP contribution in [0.2, 0.25) is 0 Å². The lowest BCUT2D eigenvalue weighted by Crippen LogP contribution is -2.15. The molecule has 0 unspecified atom stereocenters. The maximum absolute atomic E-state index is 6.84. The Bertz CT molecular complexity index is 3080. The van der Waals surface area contributed by atoms with Crippen LogP contribution in [0.15, 0.2) is 150 Å². The number of nitrogens with zero attached hydrogens (tertiary/aromatic N) is 2. The van der Waals surface area contributed by atoms with Crippen LogP contribution < -0.4 is 0 Å². The minimum Gasteiger partial charge on any atom is -0.455 e. The standard InChI is InChI=1S/C47H30N2O/c1-47(2)37-15-7-5-13-33(37)43-38(47)26-36(42-35-14-6-8-16-40(35)50-46(42)43)31-22-23-34(41-30-12-4-3-10-27(30)19-21-32(31)41)39-24-20-29-18-17-28-11-9-25-48-44(28)45(29)49-39/h3-26H,1-2H3. The van der Waals surface area contributed by atoms with Crippen molar-refractivity contribution in [2.75, 3.05) is 0 Å². The van der Waals surface area contributed by atoms with Crippen LogP contribution in [0.1, 0.15) is 25.0 Å². The van der Waals surface area contributed by atoms with Crippen LogP contribution in [-0.4, -0.2) is 9.97 Å². The van der Waals surface area contributed by atoms with Gasteiger partial charge in [-0.05, 0) is 73.6 Å². The van der Waals surface area contributed by atoms with Crippen LogP contribution in [0.3, 0.4) is 0 Å². The fourth-order valence-corrected chi connectivity index (χ4v) is 8.71. The normalized spacial score (nSPS) is 13.6. The van der Waals surface area contributed by atoms with Crippen molar-refractivity contribution in [1.82, 2.24) is 9.97 Å². The first-order valence-electron chi connectivity index (χ1n) is 17.2. The predicted molar refractivity (Wildman–Crippen MR) is 208 cm³/mol. The molecule has 0 bridgehead atoms. The van der Waals surface area contributed by atoms with Crippen molar-refractivity contribution in [2.24, 2.45) is 0 Å². The van der Waals surface area contributed by atoms with Gasteiger partial charge in [0.05, 0.1) is 16.7 Å². The summed E-state index contributed by atoms with van der Waals surface area (Å²) in [5, 5.41) is 9.28. The highest BCUT2D eigenvalue weighted by Crippen LogP contribution is 2.55. The minimum absolute atomic E-state index is 0.178. The van der Waals surface area contributed by atoms with E-state index in [1.165, 1.54) is 54.9 Å². The Morgan fingerprint density at radius 3 is 2.14 bits per heavy atom. The number of rotatable bonds is 2. The lowest BCUT2D eigenvalue weighted by atomic mass is 9.80. The Labute approximate surface area is 288 Å². The number of benzene rings is 7. The maximum atomic E-state index is 6.84. The molecule has 1 aliphatic rings. The zero-order valence-electron chi connectivity index (χ0n) is 27.7. The van der Waals surface area contributed by atoms with Gasteiger partial charge in [0, 0.05) is 44.3 Å². The molecule has 3 aromatic heterocycles. The molecule has 3 heteroatoms. The van der Waals surface area contributed by atoms with Crippen molar-refractivity contribution in [2.45, 2.75) is 19.3 Å². The largest absolute Gasteiger partial charge is 0.455 e. The van der Waals surface area contributed by atoms with Crippen LogP contribution in [0, 0.1) is 0 Å². The summed E-state index contributed by atoms with van der Waals surface area (Å²) in [6.07, 6.45) is 1.85. The van der Waals surface area contributed by atoms with E-state index in [-0.39, 0.29) is 5.41 Å². The van der Waals surface area contributed by atoms with Crippen LogP contribution >= 0.6 is 0 Å². The third kappa shape index (κ3) is 3.64. The fraction of sp³-hybridized carbons (Fsp3) is 0.0638. The Balaban J connectivity index is 1.26. The summed E-state index contributed by atoms with van der Waals surface area (Å²) in [4.78, 5) is 10.1. The fourth-order valence-electron chi connectivity index (χ4n) is 8.71. The molecule has 0 saturated carbocycles. The molecule has 1 aliphatic carbocycles. The smallest absolute Gasteiger partial charge is 0.144 e. The first-order valence-corrected chi connectivity index (χ1v) is 17.2. The molecule has 50 heavy (non-hydrogen) atoms. The predicted octanol–water partition coefficient (Wildman–Crippen LogP) is 12.6. The van der Waals surface area contributed by atoms with E-state index in [1.807, 2.05) is 12.3 Å². The quantitative estimate of drug-likeness (QED) is 0.177. The molecule has 0 N–H and O–H groups in total. The van der Waals surface area contributed by atoms with Gasteiger partial charge in [-0.3, -0.25) is 4.98 Å². The monoisotopic (exact) mass is 638 g/mol. The molecule has 0 radical (unpaired) electrons. The number of hydrogen-bond donors (Lipinski definition) is 0. The molecular formula is C47H30N2O. The van der Waals surface area contributed by atoms with Crippen LogP contribution in [0.5, 0.6) is 0 Å². The highest BCUT2D eigenvalue weighted by Gasteiger charge is 2.38. The average molecular weight is 639 g/mol. The van der Waals surface area contributed by atoms with Crippen molar-refractivity contribution in [3.63, 3.8) is 0 Å². The lowest BCUT2D eigenvalue weighted by molar-refractivity contribution is 0.653. The van der Waals surface area contributed by atoms with Gasteiger partial charge in [-0.1, -0.05) is 129 Å². The molecule has 0 saturated heterocycles. The van der Waals surface area contributed by atoms with Gasteiger partial charge >= 0.3 is 0 Å². The molecule has 3 heterocycles. The molecule has 0 aliphatic heterocycles. The van der Waals surface area contributed by atoms with E-state index >= 15 is 0 Å². The molecule has 0 atom stereocenters. The zero-order valence-corrected chi connectivity index (χ0v) is 27.7. The summed E-state index contributed by atoms with van der Waals surface area (Å²) in [5.74, 6) is 0. The van der Waals surface area contributed by atoms with E-state index in [0.717, 1.165) is 55.0 Å². The van der Waals surface area contributed by atoms with E-state index in [0.29, 0.717) is 0 Å². The molecule has 0 amide bonds. The number of aromatic nitrogens is 2. The Morgan fingerprint density at radius 1 is 0.500 bits per heavy atom. The van der Waals surface area contributed by atoms with E-state index in [1.54, 1.807) is 0 Å². The summed E-state index contributed by atoms with van der Waals surface area (Å²) in [7, 11) is 0. The van der Waals surface area contributed by atoms with Gasteiger partial charge < -0.3 is 4.42 Å². The van der Waals surface area contributed by atoms with Gasteiger partial charge in [-0.25, -0.2) is 4.98 Å². The van der Waals surface area contributed by atoms with Crippen molar-refractivity contribution < 1.29 is 4.42 Å². The third-order valence-electron chi connectivity index (χ3n) is 11.1. The molecule has 0 fully saturated rings. The summed E-state index contributed by atoms with van der Waals surface area (Å²) in [6.45, 7) is 4.68. The van der Waals surface area contributed by atoms with E-state index in [2.05, 4.69) is 147 Å². The molecular weight excluding hydrogens is 609 g/mol. The van der Waals surface area contributed by atoms with Gasteiger partial charge in [0.25, 0.3) is 0 Å². The second kappa shape index (κ2) is 9.87.